The van der Waals surface area contributed by atoms with E-state index in [1.165, 1.54) is 28.4 Å². The first-order valence-corrected chi connectivity index (χ1v) is 16.7. The number of imide groups is 1. The quantitative estimate of drug-likeness (QED) is 0.184. The van der Waals surface area contributed by atoms with E-state index in [-0.39, 0.29) is 69.8 Å². The van der Waals surface area contributed by atoms with Gasteiger partial charge >= 0.3 is 4.87 Å². The molecule has 12 heteroatoms. The molecule has 0 radical (unpaired) electrons. The maximum absolute atomic E-state index is 13.9. The first-order chi connectivity index (χ1) is 21.8. The SMILES string of the molecule is O=C(COc1cccc([C@H]2c3sc(=O)[nH]c3SC3C4CC(C5C(=O)N(c6ccc(Cl)cc6)C(=O)C45)C32)c1)Nc1ccc(O)cc1. The number of carbonyl (C=O) groups excluding carboxylic acids is 3. The van der Waals surface area contributed by atoms with Gasteiger partial charge in [-0.1, -0.05) is 35.1 Å². The van der Waals surface area contributed by atoms with Gasteiger partial charge in [0.1, 0.15) is 11.5 Å². The number of fused-ring (bicyclic) bond motifs is 9. The molecule has 2 saturated carbocycles. The van der Waals surface area contributed by atoms with Gasteiger partial charge in [0.15, 0.2) is 6.61 Å². The van der Waals surface area contributed by atoms with Gasteiger partial charge in [0, 0.05) is 26.8 Å². The minimum absolute atomic E-state index is 0.00540. The highest BCUT2D eigenvalue weighted by Gasteiger charge is 2.69. The number of nitrogens with zero attached hydrogens (tertiary/aromatic N) is 1. The number of aromatic amines is 1. The van der Waals surface area contributed by atoms with Crippen molar-refractivity contribution in [2.24, 2.45) is 29.6 Å². The number of nitrogens with one attached hydrogen (secondary N) is 2. The molecule has 45 heavy (non-hydrogen) atoms. The van der Waals surface area contributed by atoms with Crippen molar-refractivity contribution in [2.45, 2.75) is 22.6 Å². The van der Waals surface area contributed by atoms with Crippen molar-refractivity contribution >= 4 is 63.8 Å². The minimum Gasteiger partial charge on any atom is -0.508 e. The smallest absolute Gasteiger partial charge is 0.305 e. The maximum Gasteiger partial charge on any atom is 0.305 e. The maximum atomic E-state index is 13.9. The number of amides is 3. The number of thioether (sulfide) groups is 1. The van der Waals surface area contributed by atoms with Gasteiger partial charge in [0.2, 0.25) is 11.8 Å². The fourth-order valence-corrected chi connectivity index (χ4v) is 10.9. The number of phenolic OH excluding ortho intramolecular Hbond substituents is 1. The van der Waals surface area contributed by atoms with E-state index in [0.717, 1.165) is 21.9 Å². The molecule has 3 amide bonds. The highest BCUT2D eigenvalue weighted by molar-refractivity contribution is 8.00. The van der Waals surface area contributed by atoms with Crippen LogP contribution < -0.4 is 19.8 Å². The van der Waals surface area contributed by atoms with Crippen molar-refractivity contribution in [3.8, 4) is 11.5 Å². The van der Waals surface area contributed by atoms with Crippen LogP contribution in [0.4, 0.5) is 11.4 Å². The Morgan fingerprint density at radius 1 is 1.00 bits per heavy atom. The van der Waals surface area contributed by atoms with E-state index in [4.69, 9.17) is 16.3 Å². The summed E-state index contributed by atoms with van der Waals surface area (Å²) in [6, 6.07) is 20.5. The zero-order chi connectivity index (χ0) is 31.0. The van der Waals surface area contributed by atoms with Gasteiger partial charge in [0.25, 0.3) is 5.91 Å². The van der Waals surface area contributed by atoms with Crippen LogP contribution in [-0.2, 0) is 14.4 Å². The number of aromatic nitrogens is 1. The largest absolute Gasteiger partial charge is 0.508 e. The fourth-order valence-electron chi connectivity index (χ4n) is 7.92. The zero-order valence-corrected chi connectivity index (χ0v) is 25.9. The summed E-state index contributed by atoms with van der Waals surface area (Å²) < 4.78 is 5.89. The Kier molecular flexibility index (Phi) is 6.81. The van der Waals surface area contributed by atoms with Crippen LogP contribution >= 0.6 is 34.7 Å². The van der Waals surface area contributed by atoms with E-state index >= 15 is 0 Å². The molecular formula is C33H26ClN3O6S2. The van der Waals surface area contributed by atoms with Gasteiger partial charge in [-0.15, -0.1) is 11.8 Å². The van der Waals surface area contributed by atoms with E-state index in [9.17, 15) is 24.3 Å². The normalized spacial score (nSPS) is 27.7. The van der Waals surface area contributed by atoms with Gasteiger partial charge in [-0.05, 0) is 90.4 Å². The molecule has 1 aromatic heterocycles. The fraction of sp³-hybridized carbons (Fsp3) is 0.273. The third-order valence-corrected chi connectivity index (χ3v) is 12.4. The number of ether oxygens (including phenoxy) is 1. The Bertz CT molecular complexity index is 1910. The second kappa shape index (κ2) is 10.8. The number of aromatic hydroxyl groups is 1. The molecule has 3 aromatic carbocycles. The summed E-state index contributed by atoms with van der Waals surface area (Å²) in [5.41, 5.74) is 2.02. The van der Waals surface area contributed by atoms with Crippen LogP contribution in [0.1, 0.15) is 22.8 Å². The molecule has 2 aliphatic heterocycles. The third kappa shape index (κ3) is 4.67. The van der Waals surface area contributed by atoms with Crippen molar-refractivity contribution < 1.29 is 24.2 Å². The summed E-state index contributed by atoms with van der Waals surface area (Å²) in [5, 5.41) is 13.6. The van der Waals surface area contributed by atoms with Crippen LogP contribution in [0.2, 0.25) is 5.02 Å². The minimum atomic E-state index is -0.414. The molecule has 2 bridgehead atoms. The number of anilines is 2. The topological polar surface area (TPSA) is 129 Å². The van der Waals surface area contributed by atoms with E-state index in [0.29, 0.717) is 22.1 Å². The molecule has 9 nitrogen and oxygen atoms in total. The van der Waals surface area contributed by atoms with Crippen LogP contribution in [0.15, 0.2) is 82.6 Å². The van der Waals surface area contributed by atoms with Crippen molar-refractivity contribution in [3.63, 3.8) is 0 Å². The number of H-pyrrole nitrogens is 1. The predicted octanol–water partition coefficient (Wildman–Crippen LogP) is 5.49. The third-order valence-electron chi connectivity index (χ3n) is 9.55. The molecule has 3 heterocycles. The number of benzene rings is 3. The lowest BCUT2D eigenvalue weighted by molar-refractivity contribution is -0.123. The van der Waals surface area contributed by atoms with Crippen molar-refractivity contribution in [3.05, 3.63) is 97.9 Å². The summed E-state index contributed by atoms with van der Waals surface area (Å²) in [6.07, 6.45) is 0.785. The Morgan fingerprint density at radius 2 is 1.73 bits per heavy atom. The second-order valence-electron chi connectivity index (χ2n) is 11.9. The molecule has 6 unspecified atom stereocenters. The number of hydrogen-bond acceptors (Lipinski definition) is 8. The number of rotatable bonds is 6. The summed E-state index contributed by atoms with van der Waals surface area (Å²) >= 11 is 8.91. The van der Waals surface area contributed by atoms with Gasteiger partial charge in [0.05, 0.1) is 22.5 Å². The first-order valence-electron chi connectivity index (χ1n) is 14.6. The van der Waals surface area contributed by atoms with Crippen molar-refractivity contribution in [2.75, 3.05) is 16.8 Å². The van der Waals surface area contributed by atoms with E-state index in [1.807, 2.05) is 18.2 Å². The number of halogens is 1. The van der Waals surface area contributed by atoms with Gasteiger partial charge in [-0.3, -0.25) is 24.1 Å². The van der Waals surface area contributed by atoms with Crippen LogP contribution in [0.5, 0.6) is 11.5 Å². The molecule has 228 valence electrons. The Balaban J connectivity index is 1.08. The monoisotopic (exact) mass is 659 g/mol. The van der Waals surface area contributed by atoms with E-state index < -0.39 is 5.92 Å². The molecule has 3 fully saturated rings. The Labute approximate surface area is 270 Å². The molecule has 4 aliphatic rings. The summed E-state index contributed by atoms with van der Waals surface area (Å²) in [5.74, 6) is -1.00. The van der Waals surface area contributed by atoms with Crippen LogP contribution in [0.3, 0.4) is 0 Å². The number of thiazole rings is 1. The molecule has 4 aromatic rings. The van der Waals surface area contributed by atoms with Gasteiger partial charge < -0.3 is 20.1 Å². The lowest BCUT2D eigenvalue weighted by Gasteiger charge is -2.43. The first kappa shape index (κ1) is 28.4. The highest BCUT2D eigenvalue weighted by atomic mass is 35.5. The molecule has 7 atom stereocenters. The summed E-state index contributed by atoms with van der Waals surface area (Å²) in [7, 11) is 0. The zero-order valence-electron chi connectivity index (χ0n) is 23.5. The number of carbonyl (C=O) groups is 3. The van der Waals surface area contributed by atoms with Gasteiger partial charge in [-0.25, -0.2) is 0 Å². The molecule has 1 saturated heterocycles. The van der Waals surface area contributed by atoms with Crippen molar-refractivity contribution in [1.82, 2.24) is 4.98 Å². The standard InChI is InChI=1S/C33H26ClN3O6S2/c34-16-4-8-18(9-5-16)37-31(40)26-21-13-22(27(26)32(37)41)28-25(21)24(29-30(44-28)36-33(42)45-29)15-2-1-3-20(12-15)43-14-23(39)35-17-6-10-19(38)11-7-17/h1-12,21-22,24-28,38H,13-14H2,(H,35,39)(H,36,42)/t21?,22?,24-,25?,26?,27?,28?/m1/s1. The average Bonchev–Trinajstić information content (AvgIpc) is 3.77. The van der Waals surface area contributed by atoms with Crippen LogP contribution in [0, 0.1) is 29.6 Å². The van der Waals surface area contributed by atoms with Crippen molar-refractivity contribution in [1.29, 1.82) is 0 Å². The lowest BCUT2D eigenvalue weighted by Crippen LogP contribution is -2.42. The van der Waals surface area contributed by atoms with E-state index in [1.54, 1.807) is 54.2 Å². The van der Waals surface area contributed by atoms with Gasteiger partial charge in [-0.2, -0.15) is 0 Å². The predicted molar refractivity (Wildman–Crippen MR) is 171 cm³/mol. The van der Waals surface area contributed by atoms with Crippen LogP contribution in [0.25, 0.3) is 0 Å². The highest BCUT2D eigenvalue weighted by Crippen LogP contribution is 2.68. The molecular weight excluding hydrogens is 634 g/mol. The summed E-state index contributed by atoms with van der Waals surface area (Å²) in [4.78, 5) is 58.1. The molecule has 0 spiro atoms. The molecule has 3 N–H and O–H groups in total. The Hall–Kier alpha value is -4.06. The average molecular weight is 660 g/mol. The number of phenols is 1. The summed E-state index contributed by atoms with van der Waals surface area (Å²) in [6.45, 7) is -0.217. The second-order valence-corrected chi connectivity index (χ2v) is 14.5. The number of hydrogen-bond donors (Lipinski definition) is 3. The lowest BCUT2D eigenvalue weighted by atomic mass is 9.68. The van der Waals surface area contributed by atoms with Crippen LogP contribution in [-0.4, -0.2) is 39.7 Å². The molecule has 8 rings (SSSR count). The molecule has 2 aliphatic carbocycles. The van der Waals surface area contributed by atoms with E-state index in [2.05, 4.69) is 10.3 Å². The Morgan fingerprint density at radius 3 is 2.49 bits per heavy atom.